The second-order valence-electron chi connectivity index (χ2n) is 10.5. The van der Waals surface area contributed by atoms with Crippen LogP contribution in [0.3, 0.4) is 0 Å². The van der Waals surface area contributed by atoms with Gasteiger partial charge in [-0.25, -0.2) is 4.79 Å². The summed E-state index contributed by atoms with van der Waals surface area (Å²) in [4.78, 5) is 12.6. The van der Waals surface area contributed by atoms with Gasteiger partial charge < -0.3 is 24.1 Å². The van der Waals surface area contributed by atoms with Crippen LogP contribution in [-0.2, 0) is 16.0 Å². The van der Waals surface area contributed by atoms with E-state index < -0.39 is 11.6 Å². The van der Waals surface area contributed by atoms with Crippen molar-refractivity contribution in [1.82, 2.24) is 0 Å². The third-order valence-corrected chi connectivity index (χ3v) is 6.67. The number of carbonyl (C=O) groups is 1. The second-order valence-corrected chi connectivity index (χ2v) is 10.5. The average molecular weight is 471 g/mol. The van der Waals surface area contributed by atoms with Gasteiger partial charge in [-0.1, -0.05) is 26.3 Å². The Morgan fingerprint density at radius 1 is 1.24 bits per heavy atom. The van der Waals surface area contributed by atoms with Gasteiger partial charge in [0.2, 0.25) is 5.76 Å². The van der Waals surface area contributed by atoms with E-state index in [2.05, 4.69) is 19.9 Å². The quantitative estimate of drug-likeness (QED) is 0.512. The van der Waals surface area contributed by atoms with Gasteiger partial charge in [-0.15, -0.1) is 0 Å². The zero-order valence-electron chi connectivity index (χ0n) is 21.1. The molecule has 0 radical (unpaired) electrons. The van der Waals surface area contributed by atoms with E-state index in [1.807, 2.05) is 6.07 Å². The number of esters is 1. The summed E-state index contributed by atoms with van der Waals surface area (Å²) in [5.74, 6) is 2.06. The summed E-state index contributed by atoms with van der Waals surface area (Å²) >= 11 is 0. The van der Waals surface area contributed by atoms with Gasteiger partial charge in [0.05, 0.1) is 23.9 Å². The van der Waals surface area contributed by atoms with Gasteiger partial charge in [0, 0.05) is 18.1 Å². The first-order valence-corrected chi connectivity index (χ1v) is 12.7. The Balaban J connectivity index is 1.83. The number of carbonyl (C=O) groups excluding carboxylic acids is 1. The first kappa shape index (κ1) is 24.6. The molecule has 1 saturated carbocycles. The number of benzene rings is 1. The number of allylic oxidation sites excluding steroid dienone is 3. The summed E-state index contributed by atoms with van der Waals surface area (Å²) in [5, 5.41) is 10.7. The van der Waals surface area contributed by atoms with Crippen LogP contribution in [0.25, 0.3) is 5.57 Å². The molecule has 0 saturated heterocycles. The van der Waals surface area contributed by atoms with Crippen LogP contribution in [0, 0.1) is 5.92 Å². The SMILES string of the molecule is CCOC(=O)C1=C/C(=C\CC(C)C)c2c(cc3c(c2OC2CCCCC2)C[C@@H](C(C)(C)O)O3)O1. The summed E-state index contributed by atoms with van der Waals surface area (Å²) in [6.45, 7) is 9.90. The maximum absolute atomic E-state index is 12.6. The molecule has 0 spiro atoms. The number of hydrogen-bond donors (Lipinski definition) is 1. The predicted molar refractivity (Wildman–Crippen MR) is 131 cm³/mol. The topological polar surface area (TPSA) is 74.2 Å². The van der Waals surface area contributed by atoms with Gasteiger partial charge in [-0.3, -0.25) is 0 Å². The second kappa shape index (κ2) is 10.0. The van der Waals surface area contributed by atoms with Crippen LogP contribution < -0.4 is 14.2 Å². The number of hydrogen-bond acceptors (Lipinski definition) is 6. The molecule has 1 fully saturated rings. The lowest BCUT2D eigenvalue weighted by Crippen LogP contribution is -2.39. The zero-order valence-corrected chi connectivity index (χ0v) is 21.1. The monoisotopic (exact) mass is 470 g/mol. The molecule has 0 unspecified atom stereocenters. The van der Waals surface area contributed by atoms with Crippen molar-refractivity contribution in [3.05, 3.63) is 35.1 Å². The molecule has 1 N–H and O–H groups in total. The van der Waals surface area contributed by atoms with Crippen LogP contribution in [0.1, 0.15) is 84.3 Å². The number of aliphatic hydroxyl groups is 1. The third kappa shape index (κ3) is 5.27. The number of fused-ring (bicyclic) bond motifs is 2. The molecule has 1 atom stereocenters. The highest BCUT2D eigenvalue weighted by molar-refractivity contribution is 5.95. The highest BCUT2D eigenvalue weighted by Crippen LogP contribution is 2.51. The molecule has 186 valence electrons. The molecule has 2 aliphatic heterocycles. The highest BCUT2D eigenvalue weighted by Gasteiger charge is 2.40. The van der Waals surface area contributed by atoms with Crippen LogP contribution in [-0.4, -0.2) is 35.5 Å². The van der Waals surface area contributed by atoms with Crippen LogP contribution in [0.4, 0.5) is 0 Å². The highest BCUT2D eigenvalue weighted by atomic mass is 16.6. The molecular formula is C28H38O6. The predicted octanol–water partition coefficient (Wildman–Crippen LogP) is 5.74. The van der Waals surface area contributed by atoms with E-state index in [1.165, 1.54) is 6.42 Å². The van der Waals surface area contributed by atoms with Gasteiger partial charge in [-0.2, -0.15) is 0 Å². The fourth-order valence-electron chi connectivity index (χ4n) is 4.75. The molecule has 0 amide bonds. The molecule has 4 rings (SSSR count). The van der Waals surface area contributed by atoms with Gasteiger partial charge in [0.15, 0.2) is 0 Å². The minimum atomic E-state index is -1.01. The van der Waals surface area contributed by atoms with Crippen LogP contribution in [0.5, 0.6) is 17.2 Å². The Hall–Kier alpha value is -2.47. The van der Waals surface area contributed by atoms with Crippen LogP contribution in [0.2, 0.25) is 0 Å². The van der Waals surface area contributed by atoms with E-state index in [4.69, 9.17) is 18.9 Å². The van der Waals surface area contributed by atoms with Gasteiger partial charge >= 0.3 is 5.97 Å². The number of ether oxygens (including phenoxy) is 4. The number of rotatable bonds is 7. The molecule has 1 aliphatic carbocycles. The van der Waals surface area contributed by atoms with Crippen LogP contribution in [0.15, 0.2) is 24.0 Å². The zero-order chi connectivity index (χ0) is 24.5. The van der Waals surface area contributed by atoms with Crippen molar-refractivity contribution in [3.8, 4) is 17.2 Å². The molecule has 1 aromatic carbocycles. The van der Waals surface area contributed by atoms with Gasteiger partial charge in [-0.05, 0) is 70.4 Å². The molecule has 6 heteroatoms. The molecule has 34 heavy (non-hydrogen) atoms. The summed E-state index contributed by atoms with van der Waals surface area (Å²) in [5.41, 5.74) is 1.72. The van der Waals surface area contributed by atoms with E-state index in [0.717, 1.165) is 54.6 Å². The fraction of sp³-hybridized carbons (Fsp3) is 0.607. The van der Waals surface area contributed by atoms with Crippen molar-refractivity contribution in [1.29, 1.82) is 0 Å². The Morgan fingerprint density at radius 3 is 2.62 bits per heavy atom. The lowest BCUT2D eigenvalue weighted by molar-refractivity contribution is -0.141. The molecule has 1 aromatic rings. The van der Waals surface area contributed by atoms with E-state index in [0.29, 0.717) is 23.8 Å². The van der Waals surface area contributed by atoms with Gasteiger partial charge in [0.25, 0.3) is 0 Å². The molecule has 0 aromatic heterocycles. The van der Waals surface area contributed by atoms with Gasteiger partial charge in [0.1, 0.15) is 23.4 Å². The minimum absolute atomic E-state index is 0.132. The first-order chi connectivity index (χ1) is 16.2. The minimum Gasteiger partial charge on any atom is -0.489 e. The summed E-state index contributed by atoms with van der Waals surface area (Å²) in [6, 6.07) is 1.83. The Morgan fingerprint density at radius 2 is 1.97 bits per heavy atom. The molecular weight excluding hydrogens is 432 g/mol. The molecule has 2 heterocycles. The van der Waals surface area contributed by atoms with Crippen molar-refractivity contribution in [3.63, 3.8) is 0 Å². The molecule has 0 bridgehead atoms. The van der Waals surface area contributed by atoms with E-state index in [9.17, 15) is 9.90 Å². The summed E-state index contributed by atoms with van der Waals surface area (Å²) in [7, 11) is 0. The van der Waals surface area contributed by atoms with Crippen molar-refractivity contribution < 1.29 is 28.8 Å². The van der Waals surface area contributed by atoms with E-state index in [1.54, 1.807) is 26.8 Å². The first-order valence-electron chi connectivity index (χ1n) is 12.7. The van der Waals surface area contributed by atoms with Crippen LogP contribution >= 0.6 is 0 Å². The summed E-state index contributed by atoms with van der Waals surface area (Å²) < 4.78 is 24.2. The average Bonchev–Trinajstić information content (AvgIpc) is 3.22. The molecule has 6 nitrogen and oxygen atoms in total. The van der Waals surface area contributed by atoms with Crippen molar-refractivity contribution in [2.45, 2.75) is 97.4 Å². The normalized spacial score (nSPS) is 21.4. The largest absolute Gasteiger partial charge is 0.489 e. The summed E-state index contributed by atoms with van der Waals surface area (Å²) in [6.07, 6.45) is 10.7. The van der Waals surface area contributed by atoms with E-state index >= 15 is 0 Å². The van der Waals surface area contributed by atoms with Crippen molar-refractivity contribution in [2.24, 2.45) is 5.92 Å². The maximum atomic E-state index is 12.6. The lowest BCUT2D eigenvalue weighted by atomic mass is 9.91. The third-order valence-electron chi connectivity index (χ3n) is 6.67. The Labute approximate surface area is 202 Å². The smallest absolute Gasteiger partial charge is 0.374 e. The standard InChI is InChI=1S/C28H38O6/c1-6-31-27(29)23-14-18(13-12-17(2)3)25-22(33-23)16-21-20(15-24(34-21)28(4,5)30)26(25)32-19-10-8-7-9-11-19/h13-14,16-17,19,24,30H,6-12,15H2,1-5H3/b18-13+/t24-/m0/s1. The fourth-order valence-corrected chi connectivity index (χ4v) is 4.75. The maximum Gasteiger partial charge on any atom is 0.374 e. The lowest BCUT2D eigenvalue weighted by Gasteiger charge is -2.28. The Bertz CT molecular complexity index is 976. The molecule has 3 aliphatic rings. The van der Waals surface area contributed by atoms with Crippen molar-refractivity contribution >= 4 is 11.5 Å². The van der Waals surface area contributed by atoms with E-state index in [-0.39, 0.29) is 24.6 Å². The van der Waals surface area contributed by atoms with Crippen molar-refractivity contribution in [2.75, 3.05) is 6.61 Å². The Kier molecular flexibility index (Phi) is 7.27.